The molecule has 0 saturated carbocycles. The molecule has 2 aromatic carbocycles. The van der Waals surface area contributed by atoms with Gasteiger partial charge >= 0.3 is 0 Å². The second-order valence-corrected chi connectivity index (χ2v) is 8.72. The maximum atomic E-state index is 12.2. The Morgan fingerprint density at radius 1 is 1.19 bits per heavy atom. The van der Waals surface area contributed by atoms with Crippen molar-refractivity contribution in [3.63, 3.8) is 0 Å². The molecule has 0 radical (unpaired) electrons. The van der Waals surface area contributed by atoms with Gasteiger partial charge in [-0.1, -0.05) is 47.5 Å². The summed E-state index contributed by atoms with van der Waals surface area (Å²) in [6.45, 7) is 3.19. The van der Waals surface area contributed by atoms with Gasteiger partial charge in [-0.15, -0.1) is 0 Å². The van der Waals surface area contributed by atoms with Crippen LogP contribution in [0.2, 0.25) is 10.0 Å². The fourth-order valence-electron chi connectivity index (χ4n) is 2.51. The van der Waals surface area contributed by atoms with Gasteiger partial charge in [0.15, 0.2) is 0 Å². The van der Waals surface area contributed by atoms with Gasteiger partial charge in [-0.25, -0.2) is 13.8 Å². The molecule has 9 heteroatoms. The van der Waals surface area contributed by atoms with Gasteiger partial charge in [0.1, 0.15) is 6.54 Å². The van der Waals surface area contributed by atoms with Crippen molar-refractivity contribution in [2.45, 2.75) is 13.8 Å². The number of sulfonamides is 1. The highest BCUT2D eigenvalue weighted by Gasteiger charge is 2.23. The number of hydrogen-bond donors (Lipinski definition) is 1. The number of anilines is 1. The average Bonchev–Trinajstić information content (AvgIpc) is 2.55. The molecule has 0 atom stereocenters. The highest BCUT2D eigenvalue weighted by molar-refractivity contribution is 7.92. The van der Waals surface area contributed by atoms with Crippen molar-refractivity contribution >= 4 is 51.0 Å². The number of carbonyl (C=O) groups excluding carboxylic acids is 1. The van der Waals surface area contributed by atoms with Gasteiger partial charge < -0.3 is 0 Å². The van der Waals surface area contributed by atoms with Gasteiger partial charge in [0, 0.05) is 10.6 Å². The van der Waals surface area contributed by atoms with Gasteiger partial charge in [-0.2, -0.15) is 5.10 Å². The van der Waals surface area contributed by atoms with Crippen LogP contribution in [0.15, 0.2) is 41.5 Å². The second-order valence-electron chi connectivity index (χ2n) is 5.97. The molecule has 2 rings (SSSR count). The molecular weight excluding hydrogens is 409 g/mol. The predicted octanol–water partition coefficient (Wildman–Crippen LogP) is 3.53. The van der Waals surface area contributed by atoms with Crippen LogP contribution in [0.4, 0.5) is 5.69 Å². The Bertz CT molecular complexity index is 971. The summed E-state index contributed by atoms with van der Waals surface area (Å²) in [5.41, 5.74) is 4.88. The smallest absolute Gasteiger partial charge is 0.260 e. The van der Waals surface area contributed by atoms with Crippen molar-refractivity contribution in [2.24, 2.45) is 5.10 Å². The van der Waals surface area contributed by atoms with E-state index in [0.29, 0.717) is 21.3 Å². The summed E-state index contributed by atoms with van der Waals surface area (Å²) in [5.74, 6) is -0.579. The Hall–Kier alpha value is -2.09. The largest absolute Gasteiger partial charge is 0.271 e. The van der Waals surface area contributed by atoms with Crippen LogP contribution < -0.4 is 9.73 Å². The van der Waals surface area contributed by atoms with Gasteiger partial charge in [-0.05, 0) is 37.1 Å². The normalized spacial score (nSPS) is 11.6. The summed E-state index contributed by atoms with van der Waals surface area (Å²) in [7, 11) is -3.66. The molecule has 144 valence electrons. The van der Waals surface area contributed by atoms with E-state index in [2.05, 4.69) is 10.5 Å². The number of benzene rings is 2. The van der Waals surface area contributed by atoms with E-state index in [1.165, 1.54) is 6.21 Å². The minimum atomic E-state index is -3.66. The zero-order valence-electron chi connectivity index (χ0n) is 15.0. The lowest BCUT2D eigenvalue weighted by atomic mass is 10.1. The van der Waals surface area contributed by atoms with Crippen LogP contribution >= 0.6 is 23.2 Å². The van der Waals surface area contributed by atoms with Crippen molar-refractivity contribution in [3.8, 4) is 0 Å². The summed E-state index contributed by atoms with van der Waals surface area (Å²) in [5, 5.41) is 4.70. The molecule has 0 fully saturated rings. The molecule has 1 amide bonds. The number of para-hydroxylation sites is 1. The summed E-state index contributed by atoms with van der Waals surface area (Å²) < 4.78 is 25.5. The zero-order valence-corrected chi connectivity index (χ0v) is 17.4. The van der Waals surface area contributed by atoms with Crippen molar-refractivity contribution in [3.05, 3.63) is 63.1 Å². The lowest BCUT2D eigenvalue weighted by Crippen LogP contribution is -2.39. The minimum absolute atomic E-state index is 0.383. The quantitative estimate of drug-likeness (QED) is 0.565. The molecule has 27 heavy (non-hydrogen) atoms. The Labute approximate surface area is 168 Å². The Morgan fingerprint density at radius 2 is 1.81 bits per heavy atom. The topological polar surface area (TPSA) is 78.8 Å². The number of nitrogens with one attached hydrogen (secondary N) is 1. The molecule has 2 aromatic rings. The highest BCUT2D eigenvalue weighted by atomic mass is 35.5. The number of amides is 1. The van der Waals surface area contributed by atoms with Crippen LogP contribution in [-0.2, 0) is 14.8 Å². The number of hydrazone groups is 1. The van der Waals surface area contributed by atoms with E-state index < -0.39 is 22.5 Å². The van der Waals surface area contributed by atoms with Gasteiger partial charge in [0.05, 0.1) is 23.2 Å². The van der Waals surface area contributed by atoms with Gasteiger partial charge in [-0.3, -0.25) is 9.10 Å². The fourth-order valence-corrected chi connectivity index (χ4v) is 3.94. The monoisotopic (exact) mass is 427 g/mol. The predicted molar refractivity (Wildman–Crippen MR) is 110 cm³/mol. The maximum absolute atomic E-state index is 12.2. The molecule has 0 unspecified atom stereocenters. The number of aryl methyl sites for hydroxylation is 2. The van der Waals surface area contributed by atoms with E-state index in [1.807, 2.05) is 6.07 Å². The Morgan fingerprint density at radius 3 is 2.37 bits per heavy atom. The van der Waals surface area contributed by atoms with Crippen LogP contribution in [0.25, 0.3) is 0 Å². The molecule has 0 heterocycles. The molecule has 6 nitrogen and oxygen atoms in total. The van der Waals surface area contributed by atoms with E-state index in [-0.39, 0.29) is 0 Å². The van der Waals surface area contributed by atoms with Crippen LogP contribution in [0.5, 0.6) is 0 Å². The summed E-state index contributed by atoms with van der Waals surface area (Å²) in [4.78, 5) is 12.2. The fraction of sp³-hybridized carbons (Fsp3) is 0.222. The first kappa shape index (κ1) is 21.2. The number of rotatable bonds is 6. The number of hydrogen-bond acceptors (Lipinski definition) is 4. The molecule has 0 aromatic heterocycles. The van der Waals surface area contributed by atoms with Crippen LogP contribution in [-0.4, -0.2) is 33.3 Å². The third-order valence-electron chi connectivity index (χ3n) is 3.73. The first-order valence-electron chi connectivity index (χ1n) is 7.90. The lowest BCUT2D eigenvalue weighted by Gasteiger charge is -2.25. The van der Waals surface area contributed by atoms with E-state index in [1.54, 1.807) is 44.2 Å². The van der Waals surface area contributed by atoms with Crippen molar-refractivity contribution < 1.29 is 13.2 Å². The summed E-state index contributed by atoms with van der Waals surface area (Å²) >= 11 is 11.9. The lowest BCUT2D eigenvalue weighted by molar-refractivity contribution is -0.119. The number of halogens is 2. The molecule has 0 saturated heterocycles. The summed E-state index contributed by atoms with van der Waals surface area (Å²) in [6.07, 6.45) is 2.42. The zero-order chi connectivity index (χ0) is 20.2. The number of carbonyl (C=O) groups is 1. The SMILES string of the molecule is Cc1cccc(C)c1N(CC(=O)N/N=C\c1ccc(Cl)cc1Cl)S(C)(=O)=O. The Kier molecular flexibility index (Phi) is 6.86. The van der Waals surface area contributed by atoms with E-state index in [0.717, 1.165) is 21.7 Å². The van der Waals surface area contributed by atoms with Crippen LogP contribution in [0.3, 0.4) is 0 Å². The molecule has 0 spiro atoms. The molecule has 0 aliphatic rings. The molecule has 0 bridgehead atoms. The molecule has 0 aliphatic heterocycles. The first-order chi connectivity index (χ1) is 12.6. The van der Waals surface area contributed by atoms with E-state index in [9.17, 15) is 13.2 Å². The first-order valence-corrected chi connectivity index (χ1v) is 10.5. The van der Waals surface area contributed by atoms with Crippen LogP contribution in [0.1, 0.15) is 16.7 Å². The van der Waals surface area contributed by atoms with Gasteiger partial charge in [0.25, 0.3) is 5.91 Å². The molecule has 0 aliphatic carbocycles. The third kappa shape index (κ3) is 5.69. The third-order valence-corrected chi connectivity index (χ3v) is 5.41. The van der Waals surface area contributed by atoms with Crippen LogP contribution in [0, 0.1) is 13.8 Å². The Balaban J connectivity index is 2.16. The highest BCUT2D eigenvalue weighted by Crippen LogP contribution is 2.26. The second kappa shape index (κ2) is 8.73. The average molecular weight is 428 g/mol. The van der Waals surface area contributed by atoms with Crippen molar-refractivity contribution in [2.75, 3.05) is 17.1 Å². The van der Waals surface area contributed by atoms with Crippen molar-refractivity contribution in [1.29, 1.82) is 0 Å². The summed E-state index contributed by atoms with van der Waals surface area (Å²) in [6, 6.07) is 10.3. The molecule has 1 N–H and O–H groups in total. The maximum Gasteiger partial charge on any atom is 0.260 e. The standard InChI is InChI=1S/C18H19Cl2N3O3S/c1-12-5-4-6-13(2)18(12)23(27(3,25)26)11-17(24)22-21-10-14-7-8-15(19)9-16(14)20/h4-10H,11H2,1-3H3,(H,22,24)/b21-10-. The number of nitrogens with zero attached hydrogens (tertiary/aromatic N) is 2. The van der Waals surface area contributed by atoms with E-state index >= 15 is 0 Å². The molecular formula is C18H19Cl2N3O3S. The van der Waals surface area contributed by atoms with Crippen molar-refractivity contribution in [1.82, 2.24) is 5.43 Å². The van der Waals surface area contributed by atoms with E-state index in [4.69, 9.17) is 23.2 Å². The minimum Gasteiger partial charge on any atom is -0.271 e. The van der Waals surface area contributed by atoms with Gasteiger partial charge in [0.2, 0.25) is 10.0 Å².